The fourth-order valence-corrected chi connectivity index (χ4v) is 2.21. The molecule has 14 heavy (non-hydrogen) atoms. The number of benzene rings is 1. The first-order chi connectivity index (χ1) is 6.93. The summed E-state index contributed by atoms with van der Waals surface area (Å²) in [5, 5.41) is 8.48. The Kier molecular flexibility index (Phi) is 1.72. The smallest absolute Gasteiger partial charge is 0.0943 e. The summed E-state index contributed by atoms with van der Waals surface area (Å²) in [5.41, 5.74) is 2.68. The number of hydrogen-bond donors (Lipinski definition) is 0. The molecule has 2 unspecified atom stereocenters. The summed E-state index contributed by atoms with van der Waals surface area (Å²) in [7, 11) is 0. The molecule has 2 atom stereocenters. The molecule has 70 valence electrons. The lowest BCUT2D eigenvalue weighted by molar-refractivity contribution is 0.643. The molecule has 2 bridgehead atoms. The third-order valence-electron chi connectivity index (χ3n) is 2.96. The molecule has 1 aliphatic heterocycles. The van der Waals surface area contributed by atoms with Gasteiger partial charge >= 0.3 is 0 Å². The quantitative estimate of drug-likeness (QED) is 0.640. The van der Waals surface area contributed by atoms with Crippen LogP contribution < -0.4 is 0 Å². The van der Waals surface area contributed by atoms with Crippen LogP contribution in [0.4, 0.5) is 0 Å². The summed E-state index contributed by atoms with van der Waals surface area (Å²) < 4.78 is 0. The molecule has 1 fully saturated rings. The van der Waals surface area contributed by atoms with Crippen LogP contribution in [0.2, 0.25) is 0 Å². The topological polar surface area (TPSA) is 24.7 Å². The SMILES string of the molecule is C(=C1C2CCC1N=N2)c1ccccc1. The van der Waals surface area contributed by atoms with Crippen molar-refractivity contribution in [2.24, 2.45) is 10.2 Å². The Balaban J connectivity index is 1.94. The molecule has 0 saturated heterocycles. The van der Waals surface area contributed by atoms with E-state index < -0.39 is 0 Å². The van der Waals surface area contributed by atoms with E-state index in [0.29, 0.717) is 12.1 Å². The molecule has 0 radical (unpaired) electrons. The standard InChI is InChI=1S/C12H12N2/c1-2-4-9(5-3-1)8-10-11-6-7-12(10)14-13-11/h1-5,8,11-12H,6-7H2. The Morgan fingerprint density at radius 1 is 1.00 bits per heavy atom. The third-order valence-corrected chi connectivity index (χ3v) is 2.96. The van der Waals surface area contributed by atoms with Gasteiger partial charge in [-0.2, -0.15) is 10.2 Å². The van der Waals surface area contributed by atoms with E-state index in [1.807, 2.05) is 6.07 Å². The van der Waals surface area contributed by atoms with Crippen LogP contribution in [0.3, 0.4) is 0 Å². The van der Waals surface area contributed by atoms with E-state index in [2.05, 4.69) is 40.6 Å². The molecule has 0 spiro atoms. The maximum absolute atomic E-state index is 4.24. The highest BCUT2D eigenvalue weighted by Gasteiger charge is 2.34. The van der Waals surface area contributed by atoms with Crippen molar-refractivity contribution in [2.75, 3.05) is 0 Å². The van der Waals surface area contributed by atoms with Gasteiger partial charge in [0.1, 0.15) is 0 Å². The van der Waals surface area contributed by atoms with Gasteiger partial charge in [-0.25, -0.2) is 0 Å². The highest BCUT2D eigenvalue weighted by atomic mass is 15.2. The molecule has 0 N–H and O–H groups in total. The predicted octanol–water partition coefficient (Wildman–Crippen LogP) is 3.07. The van der Waals surface area contributed by atoms with Gasteiger partial charge < -0.3 is 0 Å². The molecule has 1 aromatic carbocycles. The normalized spacial score (nSPS) is 28.4. The Morgan fingerprint density at radius 2 is 1.64 bits per heavy atom. The van der Waals surface area contributed by atoms with Gasteiger partial charge in [0.05, 0.1) is 12.1 Å². The van der Waals surface area contributed by atoms with Gasteiger partial charge in [-0.15, -0.1) is 0 Å². The van der Waals surface area contributed by atoms with E-state index in [1.165, 1.54) is 24.0 Å². The van der Waals surface area contributed by atoms with Crippen LogP contribution in [0, 0.1) is 0 Å². The van der Waals surface area contributed by atoms with Crippen LogP contribution in [0.15, 0.2) is 46.1 Å². The Labute approximate surface area is 83.4 Å². The monoisotopic (exact) mass is 184 g/mol. The lowest BCUT2D eigenvalue weighted by Crippen LogP contribution is -1.98. The highest BCUT2D eigenvalue weighted by Crippen LogP contribution is 2.37. The van der Waals surface area contributed by atoms with Gasteiger partial charge in [-0.1, -0.05) is 36.4 Å². The molecule has 2 nitrogen and oxygen atoms in total. The summed E-state index contributed by atoms with van der Waals surface area (Å²) >= 11 is 0. The van der Waals surface area contributed by atoms with Crippen LogP contribution >= 0.6 is 0 Å². The molecule has 2 aliphatic rings. The molecule has 0 aromatic heterocycles. The molecular formula is C12H12N2. The third kappa shape index (κ3) is 1.18. The largest absolute Gasteiger partial charge is 0.186 e. The molecule has 1 saturated carbocycles. The number of hydrogen-bond acceptors (Lipinski definition) is 2. The zero-order chi connectivity index (χ0) is 9.38. The first-order valence-electron chi connectivity index (χ1n) is 5.10. The van der Waals surface area contributed by atoms with Crippen molar-refractivity contribution in [3.63, 3.8) is 0 Å². The van der Waals surface area contributed by atoms with Gasteiger partial charge in [0, 0.05) is 0 Å². The van der Waals surface area contributed by atoms with Crippen molar-refractivity contribution in [1.82, 2.24) is 0 Å². The van der Waals surface area contributed by atoms with Crippen molar-refractivity contribution >= 4 is 6.08 Å². The summed E-state index contributed by atoms with van der Waals surface area (Å²) in [6.45, 7) is 0. The molecule has 0 amide bonds. The average molecular weight is 184 g/mol. The number of fused-ring (bicyclic) bond motifs is 2. The first kappa shape index (κ1) is 7.92. The van der Waals surface area contributed by atoms with Crippen LogP contribution in [-0.2, 0) is 0 Å². The molecule has 3 rings (SSSR count). The number of rotatable bonds is 1. The van der Waals surface area contributed by atoms with E-state index in [9.17, 15) is 0 Å². The summed E-state index contributed by atoms with van der Waals surface area (Å²) in [6, 6.07) is 11.2. The van der Waals surface area contributed by atoms with Gasteiger partial charge in [-0.3, -0.25) is 0 Å². The Bertz CT molecular complexity index is 376. The summed E-state index contributed by atoms with van der Waals surface area (Å²) in [5.74, 6) is 0. The van der Waals surface area contributed by atoms with Gasteiger partial charge in [-0.05, 0) is 24.0 Å². The zero-order valence-corrected chi connectivity index (χ0v) is 7.93. The minimum absolute atomic E-state index is 0.389. The van der Waals surface area contributed by atoms with E-state index in [4.69, 9.17) is 0 Å². The fraction of sp³-hybridized carbons (Fsp3) is 0.333. The average Bonchev–Trinajstić information content (AvgIpc) is 2.80. The lowest BCUT2D eigenvalue weighted by atomic mass is 10.1. The molecule has 2 heteroatoms. The summed E-state index contributed by atoms with van der Waals surface area (Å²) in [6.07, 6.45) is 4.63. The Morgan fingerprint density at radius 3 is 2.21 bits per heavy atom. The van der Waals surface area contributed by atoms with Gasteiger partial charge in [0.15, 0.2) is 0 Å². The van der Waals surface area contributed by atoms with E-state index >= 15 is 0 Å². The van der Waals surface area contributed by atoms with Crippen molar-refractivity contribution < 1.29 is 0 Å². The van der Waals surface area contributed by atoms with Crippen molar-refractivity contribution in [2.45, 2.75) is 24.9 Å². The minimum atomic E-state index is 0.389. The van der Waals surface area contributed by atoms with Crippen molar-refractivity contribution in [1.29, 1.82) is 0 Å². The maximum atomic E-state index is 4.24. The molecule has 1 heterocycles. The summed E-state index contributed by atoms with van der Waals surface area (Å²) in [4.78, 5) is 0. The zero-order valence-electron chi connectivity index (χ0n) is 7.93. The van der Waals surface area contributed by atoms with Crippen LogP contribution in [-0.4, -0.2) is 12.1 Å². The number of nitrogens with zero attached hydrogens (tertiary/aromatic N) is 2. The van der Waals surface area contributed by atoms with Crippen LogP contribution in [0.5, 0.6) is 0 Å². The maximum Gasteiger partial charge on any atom is 0.0943 e. The van der Waals surface area contributed by atoms with Crippen molar-refractivity contribution in [3.8, 4) is 0 Å². The van der Waals surface area contributed by atoms with Gasteiger partial charge in [0.25, 0.3) is 0 Å². The van der Waals surface area contributed by atoms with Gasteiger partial charge in [0.2, 0.25) is 0 Å². The molecule has 1 aliphatic carbocycles. The second kappa shape index (κ2) is 3.05. The van der Waals surface area contributed by atoms with Crippen molar-refractivity contribution in [3.05, 3.63) is 41.5 Å². The fourth-order valence-electron chi connectivity index (χ4n) is 2.21. The minimum Gasteiger partial charge on any atom is -0.186 e. The molecule has 1 aromatic rings. The second-order valence-corrected chi connectivity index (χ2v) is 3.89. The van der Waals surface area contributed by atoms with Crippen LogP contribution in [0.1, 0.15) is 18.4 Å². The Hall–Kier alpha value is -1.44. The first-order valence-corrected chi connectivity index (χ1v) is 5.10. The lowest BCUT2D eigenvalue weighted by Gasteiger charge is -2.00. The second-order valence-electron chi connectivity index (χ2n) is 3.89. The van der Waals surface area contributed by atoms with E-state index in [1.54, 1.807) is 0 Å². The highest BCUT2D eigenvalue weighted by molar-refractivity contribution is 5.57. The van der Waals surface area contributed by atoms with Crippen LogP contribution in [0.25, 0.3) is 6.08 Å². The van der Waals surface area contributed by atoms with E-state index in [-0.39, 0.29) is 0 Å². The van der Waals surface area contributed by atoms with E-state index in [0.717, 1.165) is 0 Å². The number of azo groups is 1. The predicted molar refractivity (Wildman–Crippen MR) is 56.1 cm³/mol. The molecular weight excluding hydrogens is 172 g/mol.